The zero-order valence-corrected chi connectivity index (χ0v) is 15.5. The molecule has 3 heterocycles. The molecule has 1 aromatic heterocycles. The molecule has 0 atom stereocenters. The highest BCUT2D eigenvalue weighted by molar-refractivity contribution is 5.77. The van der Waals surface area contributed by atoms with E-state index in [1.807, 2.05) is 0 Å². The summed E-state index contributed by atoms with van der Waals surface area (Å²) in [6.07, 6.45) is 1.38. The Balaban J connectivity index is 1.44. The Morgan fingerprint density at radius 1 is 1.04 bits per heavy atom. The third-order valence-electron chi connectivity index (χ3n) is 4.93. The Kier molecular flexibility index (Phi) is 4.72. The minimum atomic E-state index is -0.307. The van der Waals surface area contributed by atoms with Gasteiger partial charge in [-0.2, -0.15) is 0 Å². The Labute approximate surface area is 161 Å². The van der Waals surface area contributed by atoms with Gasteiger partial charge in [0.1, 0.15) is 6.54 Å². The largest absolute Gasteiger partial charge is 0.454 e. The summed E-state index contributed by atoms with van der Waals surface area (Å²) in [5.74, 6) is 1.12. The number of benzene rings is 1. The SMILES string of the molecule is CC(=O)N1CCN(C(=O)Cn2cnc(-c3ccc4c(c3)OCO4)cc2=O)CC1. The second-order valence-electron chi connectivity index (χ2n) is 6.70. The van der Waals surface area contributed by atoms with E-state index in [0.717, 1.165) is 5.56 Å². The number of carbonyl (C=O) groups is 2. The van der Waals surface area contributed by atoms with Gasteiger partial charge in [0.2, 0.25) is 18.6 Å². The molecule has 0 bridgehead atoms. The number of piperazine rings is 1. The van der Waals surface area contributed by atoms with Crippen molar-refractivity contribution in [1.29, 1.82) is 0 Å². The van der Waals surface area contributed by atoms with E-state index < -0.39 is 0 Å². The predicted octanol–water partition coefficient (Wildman–Crippen LogP) is 0.330. The van der Waals surface area contributed by atoms with Crippen LogP contribution in [0.5, 0.6) is 11.5 Å². The molecule has 9 nitrogen and oxygen atoms in total. The number of nitrogens with zero attached hydrogens (tertiary/aromatic N) is 4. The third-order valence-corrected chi connectivity index (χ3v) is 4.93. The fourth-order valence-electron chi connectivity index (χ4n) is 3.27. The van der Waals surface area contributed by atoms with E-state index in [4.69, 9.17) is 9.47 Å². The fraction of sp³-hybridized carbons (Fsp3) is 0.368. The average molecular weight is 384 g/mol. The van der Waals surface area contributed by atoms with E-state index in [1.165, 1.54) is 23.9 Å². The van der Waals surface area contributed by atoms with Gasteiger partial charge in [-0.05, 0) is 18.2 Å². The zero-order chi connectivity index (χ0) is 19.7. The van der Waals surface area contributed by atoms with Crippen LogP contribution in [0.25, 0.3) is 11.3 Å². The normalized spacial score (nSPS) is 15.6. The van der Waals surface area contributed by atoms with Gasteiger partial charge in [-0.3, -0.25) is 19.0 Å². The summed E-state index contributed by atoms with van der Waals surface area (Å²) < 4.78 is 11.9. The number of hydrogen-bond acceptors (Lipinski definition) is 6. The Bertz CT molecular complexity index is 979. The van der Waals surface area contributed by atoms with E-state index in [0.29, 0.717) is 43.4 Å². The summed E-state index contributed by atoms with van der Waals surface area (Å²) in [5.41, 5.74) is 0.931. The number of aromatic nitrogens is 2. The molecule has 146 valence electrons. The zero-order valence-electron chi connectivity index (χ0n) is 15.5. The van der Waals surface area contributed by atoms with Crippen LogP contribution in [0, 0.1) is 0 Å². The van der Waals surface area contributed by atoms with Gasteiger partial charge in [-0.25, -0.2) is 4.98 Å². The predicted molar refractivity (Wildman–Crippen MR) is 98.9 cm³/mol. The molecule has 2 aliphatic rings. The van der Waals surface area contributed by atoms with Crippen molar-refractivity contribution in [2.24, 2.45) is 0 Å². The third kappa shape index (κ3) is 3.55. The summed E-state index contributed by atoms with van der Waals surface area (Å²) in [5, 5.41) is 0. The van der Waals surface area contributed by atoms with E-state index in [9.17, 15) is 14.4 Å². The molecule has 28 heavy (non-hydrogen) atoms. The van der Waals surface area contributed by atoms with Crippen molar-refractivity contribution in [2.75, 3.05) is 33.0 Å². The Morgan fingerprint density at radius 2 is 1.75 bits per heavy atom. The molecule has 1 aromatic carbocycles. The van der Waals surface area contributed by atoms with E-state index in [1.54, 1.807) is 28.0 Å². The van der Waals surface area contributed by atoms with Gasteiger partial charge < -0.3 is 19.3 Å². The quantitative estimate of drug-likeness (QED) is 0.757. The first-order valence-corrected chi connectivity index (χ1v) is 9.01. The van der Waals surface area contributed by atoms with Crippen molar-refractivity contribution in [1.82, 2.24) is 19.4 Å². The van der Waals surface area contributed by atoms with Crippen LogP contribution in [0.1, 0.15) is 6.92 Å². The maximum Gasteiger partial charge on any atom is 0.254 e. The number of rotatable bonds is 3. The van der Waals surface area contributed by atoms with Crippen LogP contribution in [0.4, 0.5) is 0 Å². The van der Waals surface area contributed by atoms with Gasteiger partial charge in [-0.1, -0.05) is 0 Å². The molecule has 4 rings (SSSR count). The number of hydrogen-bond donors (Lipinski definition) is 0. The van der Waals surface area contributed by atoms with Gasteiger partial charge in [0, 0.05) is 44.7 Å². The molecular weight excluding hydrogens is 364 g/mol. The van der Waals surface area contributed by atoms with Gasteiger partial charge in [-0.15, -0.1) is 0 Å². The first kappa shape index (κ1) is 18.0. The average Bonchev–Trinajstić information content (AvgIpc) is 3.17. The minimum absolute atomic E-state index is 0.00613. The topological polar surface area (TPSA) is 94.0 Å². The van der Waals surface area contributed by atoms with Gasteiger partial charge >= 0.3 is 0 Å². The summed E-state index contributed by atoms with van der Waals surface area (Å²) in [7, 11) is 0. The van der Waals surface area contributed by atoms with Crippen LogP contribution in [0.15, 0.2) is 35.4 Å². The number of ether oxygens (including phenoxy) is 2. The number of fused-ring (bicyclic) bond motifs is 1. The van der Waals surface area contributed by atoms with Crippen LogP contribution >= 0.6 is 0 Å². The summed E-state index contributed by atoms with van der Waals surface area (Å²) in [4.78, 5) is 44.0. The standard InChI is InChI=1S/C19H20N4O5/c1-13(24)21-4-6-22(7-5-21)19(26)10-23-11-20-15(9-18(23)25)14-2-3-16-17(8-14)28-12-27-16/h2-3,8-9,11H,4-7,10,12H2,1H3. The second kappa shape index (κ2) is 7.34. The van der Waals surface area contributed by atoms with Gasteiger partial charge in [0.25, 0.3) is 5.56 Å². The summed E-state index contributed by atoms with van der Waals surface area (Å²) in [6, 6.07) is 6.75. The van der Waals surface area contributed by atoms with E-state index in [-0.39, 0.29) is 30.7 Å². The monoisotopic (exact) mass is 384 g/mol. The summed E-state index contributed by atoms with van der Waals surface area (Å²) in [6.45, 7) is 3.58. The molecule has 0 unspecified atom stereocenters. The Hall–Kier alpha value is -3.36. The number of amides is 2. The van der Waals surface area contributed by atoms with Crippen molar-refractivity contribution in [2.45, 2.75) is 13.5 Å². The molecule has 0 saturated carbocycles. The Morgan fingerprint density at radius 3 is 2.46 bits per heavy atom. The number of carbonyl (C=O) groups excluding carboxylic acids is 2. The lowest BCUT2D eigenvalue weighted by atomic mass is 10.1. The maximum atomic E-state index is 12.5. The van der Waals surface area contributed by atoms with E-state index in [2.05, 4.69) is 4.98 Å². The molecule has 1 saturated heterocycles. The van der Waals surface area contributed by atoms with Crippen LogP contribution in [-0.4, -0.2) is 64.1 Å². The van der Waals surface area contributed by atoms with Crippen molar-refractivity contribution in [3.05, 3.63) is 40.9 Å². The van der Waals surface area contributed by atoms with Gasteiger partial charge in [0.05, 0.1) is 12.0 Å². The van der Waals surface area contributed by atoms with E-state index >= 15 is 0 Å². The smallest absolute Gasteiger partial charge is 0.254 e. The highest BCUT2D eigenvalue weighted by atomic mass is 16.7. The molecule has 2 amide bonds. The fourth-order valence-corrected chi connectivity index (χ4v) is 3.27. The summed E-state index contributed by atoms with van der Waals surface area (Å²) >= 11 is 0. The molecule has 0 aliphatic carbocycles. The molecule has 0 N–H and O–H groups in total. The molecule has 9 heteroatoms. The molecule has 0 spiro atoms. The highest BCUT2D eigenvalue weighted by Crippen LogP contribution is 2.35. The molecule has 1 fully saturated rings. The molecule has 2 aliphatic heterocycles. The lowest BCUT2D eigenvalue weighted by molar-refractivity contribution is -0.138. The molecular formula is C19H20N4O5. The minimum Gasteiger partial charge on any atom is -0.454 e. The van der Waals surface area contributed by atoms with Crippen molar-refractivity contribution >= 4 is 11.8 Å². The van der Waals surface area contributed by atoms with Crippen LogP contribution < -0.4 is 15.0 Å². The van der Waals surface area contributed by atoms with Crippen molar-refractivity contribution in [3.8, 4) is 22.8 Å². The molecule has 2 aromatic rings. The lowest BCUT2D eigenvalue weighted by Gasteiger charge is -2.34. The molecule has 0 radical (unpaired) electrons. The van der Waals surface area contributed by atoms with Crippen LogP contribution in [-0.2, 0) is 16.1 Å². The second-order valence-corrected chi connectivity index (χ2v) is 6.70. The maximum absolute atomic E-state index is 12.5. The van der Waals surface area contributed by atoms with Crippen molar-refractivity contribution < 1.29 is 19.1 Å². The van der Waals surface area contributed by atoms with Crippen LogP contribution in [0.3, 0.4) is 0 Å². The van der Waals surface area contributed by atoms with Crippen LogP contribution in [0.2, 0.25) is 0 Å². The lowest BCUT2D eigenvalue weighted by Crippen LogP contribution is -2.51. The van der Waals surface area contributed by atoms with Gasteiger partial charge in [0.15, 0.2) is 11.5 Å². The van der Waals surface area contributed by atoms with Crippen molar-refractivity contribution in [3.63, 3.8) is 0 Å². The first-order valence-electron chi connectivity index (χ1n) is 9.01. The first-order chi connectivity index (χ1) is 13.5. The highest BCUT2D eigenvalue weighted by Gasteiger charge is 2.23.